The molecule has 2 heterocycles. The van der Waals surface area contributed by atoms with Crippen molar-refractivity contribution >= 4 is 45.3 Å². The number of imide groups is 1. The summed E-state index contributed by atoms with van der Waals surface area (Å²) >= 11 is 0. The Bertz CT molecular complexity index is 1510. The summed E-state index contributed by atoms with van der Waals surface area (Å²) in [6.45, 7) is 5.47. The molecular formula is C24H20N4O5. The first-order valence-corrected chi connectivity index (χ1v) is 10.1. The quantitative estimate of drug-likeness (QED) is 0.447. The Kier molecular flexibility index (Phi) is 5.47. The zero-order valence-electron chi connectivity index (χ0n) is 18.4. The highest BCUT2D eigenvalue weighted by molar-refractivity contribution is 6.15. The van der Waals surface area contributed by atoms with Crippen molar-refractivity contribution in [3.05, 3.63) is 64.6 Å². The minimum Gasteiger partial charge on any atom is -0.333 e. The SMILES string of the molecule is CC(=O)On1c(=O)c2c(C)nc(-c3ccccc3N(C(C)=O)C(C)=O)nc2c2ccccc21. The van der Waals surface area contributed by atoms with Crippen LogP contribution in [0.15, 0.2) is 53.3 Å². The molecule has 0 aliphatic rings. The average Bonchev–Trinajstić information content (AvgIpc) is 2.76. The maximum atomic E-state index is 13.2. The average molecular weight is 444 g/mol. The third kappa shape index (κ3) is 3.73. The molecule has 9 nitrogen and oxygen atoms in total. The summed E-state index contributed by atoms with van der Waals surface area (Å²) in [5.41, 5.74) is 1.34. The number of carbonyl (C=O) groups excluding carboxylic acids is 3. The number of carbonyl (C=O) groups is 3. The number of aromatic nitrogens is 3. The highest BCUT2D eigenvalue weighted by Gasteiger charge is 2.23. The molecule has 0 fully saturated rings. The molecule has 0 bridgehead atoms. The molecule has 2 amide bonds. The van der Waals surface area contributed by atoms with E-state index in [-0.39, 0.29) is 11.2 Å². The van der Waals surface area contributed by atoms with Crippen molar-refractivity contribution in [1.82, 2.24) is 14.7 Å². The molecule has 2 aromatic heterocycles. The van der Waals surface area contributed by atoms with Gasteiger partial charge >= 0.3 is 5.97 Å². The Morgan fingerprint density at radius 1 is 0.909 bits per heavy atom. The summed E-state index contributed by atoms with van der Waals surface area (Å²) in [6.07, 6.45) is 0. The van der Waals surface area contributed by atoms with Gasteiger partial charge in [0.25, 0.3) is 5.56 Å². The van der Waals surface area contributed by atoms with Gasteiger partial charge in [0.15, 0.2) is 5.82 Å². The van der Waals surface area contributed by atoms with Crippen LogP contribution in [0.2, 0.25) is 0 Å². The molecule has 4 aromatic rings. The number of aryl methyl sites for hydroxylation is 1. The van der Waals surface area contributed by atoms with Crippen LogP contribution < -0.4 is 15.3 Å². The molecule has 0 aliphatic carbocycles. The van der Waals surface area contributed by atoms with Crippen LogP contribution in [0.3, 0.4) is 0 Å². The number of hydrogen-bond acceptors (Lipinski definition) is 7. The maximum Gasteiger partial charge on any atom is 0.330 e. The molecule has 4 rings (SSSR count). The van der Waals surface area contributed by atoms with Crippen LogP contribution in [0.4, 0.5) is 5.69 Å². The molecule has 0 aliphatic heterocycles. The first-order valence-electron chi connectivity index (χ1n) is 10.1. The number of fused-ring (bicyclic) bond motifs is 3. The normalized spacial score (nSPS) is 10.9. The Labute approximate surface area is 188 Å². The number of amides is 2. The summed E-state index contributed by atoms with van der Waals surface area (Å²) < 4.78 is 0.942. The number of pyridine rings is 1. The summed E-state index contributed by atoms with van der Waals surface area (Å²) in [7, 11) is 0. The van der Waals surface area contributed by atoms with E-state index in [1.807, 2.05) is 0 Å². The standard InChI is InChI=1S/C24H20N4O5/c1-13-21-22(17-9-5-8-12-20(17)28(24(21)32)33-16(4)31)26-23(25-13)18-10-6-7-11-19(18)27(14(2)29)15(3)30/h5-12H,1-4H3. The fourth-order valence-corrected chi connectivity index (χ4v) is 3.84. The molecule has 33 heavy (non-hydrogen) atoms. The maximum absolute atomic E-state index is 13.2. The van der Waals surface area contributed by atoms with Crippen molar-refractivity contribution in [2.75, 3.05) is 4.90 Å². The lowest BCUT2D eigenvalue weighted by atomic mass is 10.1. The second-order valence-electron chi connectivity index (χ2n) is 7.45. The van der Waals surface area contributed by atoms with Crippen molar-refractivity contribution in [2.24, 2.45) is 0 Å². The Morgan fingerprint density at radius 3 is 2.21 bits per heavy atom. The zero-order valence-corrected chi connectivity index (χ0v) is 18.4. The van der Waals surface area contributed by atoms with Gasteiger partial charge in [-0.25, -0.2) is 14.8 Å². The molecule has 0 atom stereocenters. The molecule has 166 valence electrons. The van der Waals surface area contributed by atoms with Crippen LogP contribution in [0.5, 0.6) is 0 Å². The zero-order chi connectivity index (χ0) is 23.9. The minimum absolute atomic E-state index is 0.200. The van der Waals surface area contributed by atoms with Crippen molar-refractivity contribution < 1.29 is 19.2 Å². The van der Waals surface area contributed by atoms with E-state index >= 15 is 0 Å². The fourth-order valence-electron chi connectivity index (χ4n) is 3.84. The molecular weight excluding hydrogens is 424 g/mol. The number of benzene rings is 2. The number of para-hydroxylation sites is 2. The van der Waals surface area contributed by atoms with E-state index in [9.17, 15) is 19.2 Å². The fraction of sp³-hybridized carbons (Fsp3) is 0.167. The molecule has 0 spiro atoms. The predicted octanol–water partition coefficient (Wildman–Crippen LogP) is 2.79. The molecule has 0 saturated carbocycles. The van der Waals surface area contributed by atoms with Crippen molar-refractivity contribution in [1.29, 1.82) is 0 Å². The topological polar surface area (TPSA) is 111 Å². The first kappa shape index (κ1) is 21.8. The van der Waals surface area contributed by atoms with Crippen LogP contribution in [0, 0.1) is 6.92 Å². The number of anilines is 1. The van der Waals surface area contributed by atoms with Gasteiger partial charge in [-0.2, -0.15) is 0 Å². The van der Waals surface area contributed by atoms with Crippen LogP contribution in [-0.2, 0) is 14.4 Å². The molecule has 9 heteroatoms. The molecule has 0 saturated heterocycles. The summed E-state index contributed by atoms with van der Waals surface area (Å²) in [5.74, 6) is -1.28. The smallest absolute Gasteiger partial charge is 0.330 e. The predicted molar refractivity (Wildman–Crippen MR) is 123 cm³/mol. The highest BCUT2D eigenvalue weighted by atomic mass is 16.7. The van der Waals surface area contributed by atoms with Crippen molar-refractivity contribution in [3.8, 4) is 11.4 Å². The van der Waals surface area contributed by atoms with E-state index < -0.39 is 23.3 Å². The Hall–Kier alpha value is -4.40. The number of rotatable bonds is 3. The van der Waals surface area contributed by atoms with Crippen molar-refractivity contribution in [2.45, 2.75) is 27.7 Å². The second-order valence-corrected chi connectivity index (χ2v) is 7.45. The largest absolute Gasteiger partial charge is 0.333 e. The third-order valence-corrected chi connectivity index (χ3v) is 5.10. The lowest BCUT2D eigenvalue weighted by Crippen LogP contribution is -2.33. The Morgan fingerprint density at radius 2 is 1.55 bits per heavy atom. The van der Waals surface area contributed by atoms with E-state index in [1.54, 1.807) is 55.5 Å². The van der Waals surface area contributed by atoms with E-state index in [2.05, 4.69) is 9.97 Å². The van der Waals surface area contributed by atoms with Crippen LogP contribution >= 0.6 is 0 Å². The summed E-state index contributed by atoms with van der Waals surface area (Å²) in [6, 6.07) is 13.7. The van der Waals surface area contributed by atoms with Gasteiger partial charge in [-0.05, 0) is 25.1 Å². The van der Waals surface area contributed by atoms with Gasteiger partial charge in [-0.3, -0.25) is 19.3 Å². The van der Waals surface area contributed by atoms with E-state index in [1.165, 1.54) is 20.8 Å². The van der Waals surface area contributed by atoms with Crippen molar-refractivity contribution in [3.63, 3.8) is 0 Å². The summed E-state index contributed by atoms with van der Waals surface area (Å²) in [5, 5.41) is 0.777. The van der Waals surface area contributed by atoms with Crippen LogP contribution in [0.1, 0.15) is 26.5 Å². The van der Waals surface area contributed by atoms with Crippen LogP contribution in [-0.4, -0.2) is 32.5 Å². The number of hydrogen-bond donors (Lipinski definition) is 0. The van der Waals surface area contributed by atoms with Gasteiger partial charge in [0.1, 0.15) is 0 Å². The van der Waals surface area contributed by atoms with E-state index in [0.717, 1.165) is 9.63 Å². The first-order chi connectivity index (χ1) is 15.7. The molecule has 0 radical (unpaired) electrons. The van der Waals surface area contributed by atoms with Gasteiger partial charge in [0.05, 0.1) is 27.8 Å². The Balaban J connectivity index is 2.08. The van der Waals surface area contributed by atoms with Gasteiger partial charge in [0, 0.05) is 31.7 Å². The lowest BCUT2D eigenvalue weighted by molar-refractivity contribution is -0.141. The molecule has 0 N–H and O–H groups in total. The molecule has 0 unspecified atom stereocenters. The minimum atomic E-state index is -0.640. The monoisotopic (exact) mass is 444 g/mol. The van der Waals surface area contributed by atoms with Gasteiger partial charge in [0.2, 0.25) is 11.8 Å². The lowest BCUT2D eigenvalue weighted by Gasteiger charge is -2.20. The summed E-state index contributed by atoms with van der Waals surface area (Å²) in [4.78, 5) is 64.5. The van der Waals surface area contributed by atoms with Gasteiger partial charge in [-0.15, -0.1) is 4.73 Å². The van der Waals surface area contributed by atoms with E-state index in [4.69, 9.17) is 4.84 Å². The highest BCUT2D eigenvalue weighted by Crippen LogP contribution is 2.31. The van der Waals surface area contributed by atoms with Crippen LogP contribution in [0.25, 0.3) is 33.2 Å². The van der Waals surface area contributed by atoms with Gasteiger partial charge in [-0.1, -0.05) is 30.3 Å². The second kappa shape index (κ2) is 8.27. The number of nitrogens with zero attached hydrogens (tertiary/aromatic N) is 4. The van der Waals surface area contributed by atoms with E-state index in [0.29, 0.717) is 33.4 Å². The third-order valence-electron chi connectivity index (χ3n) is 5.10. The molecule has 2 aromatic carbocycles. The van der Waals surface area contributed by atoms with Gasteiger partial charge < -0.3 is 4.84 Å².